The number of thiol groups is 1. The molecular weight excluding hydrogens is 174 g/mol. The highest BCUT2D eigenvalue weighted by Gasteiger charge is 1.98. The molecule has 66 valence electrons. The summed E-state index contributed by atoms with van der Waals surface area (Å²) in [5.41, 5.74) is 0.993. The minimum atomic E-state index is -0.0674. The Kier molecular flexibility index (Phi) is 3.16. The van der Waals surface area contributed by atoms with Gasteiger partial charge in [0.15, 0.2) is 0 Å². The van der Waals surface area contributed by atoms with Crippen molar-refractivity contribution < 1.29 is 4.79 Å². The van der Waals surface area contributed by atoms with Crippen LogP contribution in [-0.2, 0) is 18.4 Å². The number of nitrogens with zero attached hydrogens (tertiary/aromatic N) is 2. The summed E-state index contributed by atoms with van der Waals surface area (Å²) in [5, 5.41) is 6.66. The second-order valence-corrected chi connectivity index (χ2v) is 2.77. The summed E-state index contributed by atoms with van der Waals surface area (Å²) in [6, 6.07) is 0. The molecule has 5 heteroatoms. The number of hydrogen-bond acceptors (Lipinski definition) is 3. The minimum Gasteiger partial charge on any atom is -0.351 e. The molecule has 4 nitrogen and oxygen atoms in total. The Hall–Kier alpha value is -0.970. The maximum atomic E-state index is 10.8. The van der Waals surface area contributed by atoms with E-state index in [9.17, 15) is 4.79 Å². The van der Waals surface area contributed by atoms with Gasteiger partial charge in [0.05, 0.1) is 11.9 Å². The van der Waals surface area contributed by atoms with Crippen LogP contribution in [0.4, 0.5) is 0 Å². The Balaban J connectivity index is 2.38. The van der Waals surface area contributed by atoms with Gasteiger partial charge in [-0.3, -0.25) is 9.48 Å². The highest BCUT2D eigenvalue weighted by molar-refractivity contribution is 7.81. The maximum absolute atomic E-state index is 10.8. The van der Waals surface area contributed by atoms with E-state index in [2.05, 4.69) is 23.0 Å². The first kappa shape index (κ1) is 9.12. The van der Waals surface area contributed by atoms with E-state index in [1.165, 1.54) is 0 Å². The van der Waals surface area contributed by atoms with E-state index in [1.54, 1.807) is 10.9 Å². The Morgan fingerprint density at radius 3 is 3.08 bits per heavy atom. The molecule has 12 heavy (non-hydrogen) atoms. The average molecular weight is 185 g/mol. The molecule has 1 N–H and O–H groups in total. The number of nitrogens with one attached hydrogen (secondary N) is 1. The first-order valence-electron chi connectivity index (χ1n) is 3.57. The standard InChI is InChI=1S/C7H11N3OS/c1-10-4-6(3-9-10)2-8-7(11)5-12/h3-4,12H,2,5H2,1H3,(H,8,11). The van der Waals surface area contributed by atoms with Crippen molar-refractivity contribution in [2.75, 3.05) is 5.75 Å². The monoisotopic (exact) mass is 185 g/mol. The number of carbonyl (C=O) groups excluding carboxylic acids is 1. The molecule has 0 atom stereocenters. The van der Waals surface area contributed by atoms with Crippen molar-refractivity contribution >= 4 is 18.5 Å². The third kappa shape index (κ3) is 2.58. The first-order valence-corrected chi connectivity index (χ1v) is 4.20. The van der Waals surface area contributed by atoms with Gasteiger partial charge in [0.25, 0.3) is 0 Å². The molecule has 0 bridgehead atoms. The summed E-state index contributed by atoms with van der Waals surface area (Å²) in [6.45, 7) is 0.521. The van der Waals surface area contributed by atoms with Crippen LogP contribution in [-0.4, -0.2) is 21.4 Å². The van der Waals surface area contributed by atoms with E-state index in [4.69, 9.17) is 0 Å². The molecule has 0 spiro atoms. The van der Waals surface area contributed by atoms with Gasteiger partial charge in [-0.2, -0.15) is 17.7 Å². The number of carbonyl (C=O) groups is 1. The zero-order valence-corrected chi connectivity index (χ0v) is 7.71. The molecule has 0 unspecified atom stereocenters. The number of amides is 1. The molecular formula is C7H11N3OS. The molecule has 1 aromatic heterocycles. The van der Waals surface area contributed by atoms with Crippen LogP contribution in [0.5, 0.6) is 0 Å². The number of aryl methyl sites for hydroxylation is 1. The van der Waals surface area contributed by atoms with E-state index >= 15 is 0 Å². The molecule has 0 aliphatic carbocycles. The highest BCUT2D eigenvalue weighted by atomic mass is 32.1. The van der Waals surface area contributed by atoms with Crippen LogP contribution in [0, 0.1) is 0 Å². The molecule has 0 saturated heterocycles. The lowest BCUT2D eigenvalue weighted by Crippen LogP contribution is -2.23. The molecule has 0 aromatic carbocycles. The number of rotatable bonds is 3. The van der Waals surface area contributed by atoms with Gasteiger partial charge in [-0.25, -0.2) is 0 Å². The van der Waals surface area contributed by atoms with Crippen molar-refractivity contribution in [2.45, 2.75) is 6.54 Å². The molecule has 1 amide bonds. The lowest BCUT2D eigenvalue weighted by atomic mass is 10.3. The molecule has 1 aromatic rings. The fourth-order valence-corrected chi connectivity index (χ4v) is 0.932. The fourth-order valence-electron chi connectivity index (χ4n) is 0.820. The zero-order valence-electron chi connectivity index (χ0n) is 6.82. The van der Waals surface area contributed by atoms with E-state index in [-0.39, 0.29) is 11.7 Å². The zero-order chi connectivity index (χ0) is 8.97. The van der Waals surface area contributed by atoms with Crippen molar-refractivity contribution in [1.82, 2.24) is 15.1 Å². The second-order valence-electron chi connectivity index (χ2n) is 2.46. The van der Waals surface area contributed by atoms with Gasteiger partial charge >= 0.3 is 0 Å². The van der Waals surface area contributed by atoms with Gasteiger partial charge in [0.2, 0.25) is 5.91 Å². The fraction of sp³-hybridized carbons (Fsp3) is 0.429. The predicted octanol–water partition coefficient (Wildman–Crippen LogP) is -0.0339. The third-order valence-corrected chi connectivity index (χ3v) is 1.68. The SMILES string of the molecule is Cn1cc(CNC(=O)CS)cn1. The van der Waals surface area contributed by atoms with Gasteiger partial charge in [0, 0.05) is 25.4 Å². The lowest BCUT2D eigenvalue weighted by Gasteiger charge is -1.98. The topological polar surface area (TPSA) is 46.9 Å². The lowest BCUT2D eigenvalue weighted by molar-refractivity contribution is -0.118. The smallest absolute Gasteiger partial charge is 0.229 e. The van der Waals surface area contributed by atoms with Gasteiger partial charge in [-0.15, -0.1) is 0 Å². The molecule has 0 radical (unpaired) electrons. The molecule has 1 rings (SSSR count). The van der Waals surface area contributed by atoms with E-state index in [0.29, 0.717) is 6.54 Å². The molecule has 1 heterocycles. The average Bonchev–Trinajstić information content (AvgIpc) is 2.47. The Morgan fingerprint density at radius 2 is 2.58 bits per heavy atom. The minimum absolute atomic E-state index is 0.0674. The summed E-state index contributed by atoms with van der Waals surface area (Å²) in [6.07, 6.45) is 3.58. The highest BCUT2D eigenvalue weighted by Crippen LogP contribution is 1.94. The number of aromatic nitrogens is 2. The Labute approximate surface area is 76.4 Å². The van der Waals surface area contributed by atoms with Gasteiger partial charge < -0.3 is 5.32 Å². The maximum Gasteiger partial charge on any atom is 0.229 e. The Morgan fingerprint density at radius 1 is 1.83 bits per heavy atom. The van der Waals surface area contributed by atoms with Crippen LogP contribution in [0.3, 0.4) is 0 Å². The van der Waals surface area contributed by atoms with E-state index in [1.807, 2.05) is 13.2 Å². The molecule has 0 fully saturated rings. The van der Waals surface area contributed by atoms with Crippen molar-refractivity contribution in [3.05, 3.63) is 18.0 Å². The van der Waals surface area contributed by atoms with Gasteiger partial charge in [-0.05, 0) is 0 Å². The van der Waals surface area contributed by atoms with Crippen molar-refractivity contribution in [2.24, 2.45) is 7.05 Å². The van der Waals surface area contributed by atoms with Crippen LogP contribution in [0.15, 0.2) is 12.4 Å². The summed E-state index contributed by atoms with van der Waals surface area (Å²) in [5.74, 6) is 0.155. The predicted molar refractivity (Wildman–Crippen MR) is 48.9 cm³/mol. The molecule has 0 aliphatic heterocycles. The van der Waals surface area contributed by atoms with Crippen molar-refractivity contribution in [3.8, 4) is 0 Å². The van der Waals surface area contributed by atoms with Crippen LogP contribution in [0.2, 0.25) is 0 Å². The quantitative estimate of drug-likeness (QED) is 0.649. The number of hydrogen-bond donors (Lipinski definition) is 2. The van der Waals surface area contributed by atoms with Crippen LogP contribution < -0.4 is 5.32 Å². The molecule has 0 aliphatic rings. The van der Waals surface area contributed by atoms with Crippen LogP contribution in [0.25, 0.3) is 0 Å². The summed E-state index contributed by atoms with van der Waals surface area (Å²) < 4.78 is 1.70. The summed E-state index contributed by atoms with van der Waals surface area (Å²) in [7, 11) is 1.84. The summed E-state index contributed by atoms with van der Waals surface area (Å²) in [4.78, 5) is 10.8. The van der Waals surface area contributed by atoms with E-state index in [0.717, 1.165) is 5.56 Å². The van der Waals surface area contributed by atoms with Crippen molar-refractivity contribution in [1.29, 1.82) is 0 Å². The van der Waals surface area contributed by atoms with Gasteiger partial charge in [0.1, 0.15) is 0 Å². The van der Waals surface area contributed by atoms with Crippen LogP contribution >= 0.6 is 12.6 Å². The second kappa shape index (κ2) is 4.15. The van der Waals surface area contributed by atoms with E-state index < -0.39 is 0 Å². The van der Waals surface area contributed by atoms with Crippen LogP contribution in [0.1, 0.15) is 5.56 Å². The largest absolute Gasteiger partial charge is 0.351 e. The van der Waals surface area contributed by atoms with Crippen molar-refractivity contribution in [3.63, 3.8) is 0 Å². The third-order valence-electron chi connectivity index (χ3n) is 1.39. The first-order chi connectivity index (χ1) is 5.72. The summed E-state index contributed by atoms with van der Waals surface area (Å²) >= 11 is 3.83. The molecule has 0 saturated carbocycles. The normalized spacial score (nSPS) is 9.83. The Bertz CT molecular complexity index is 271. The van der Waals surface area contributed by atoms with Gasteiger partial charge in [-0.1, -0.05) is 0 Å².